The van der Waals surface area contributed by atoms with Crippen molar-refractivity contribution in [2.75, 3.05) is 32.8 Å². The molecule has 8 heteroatoms. The number of nitrogens with one attached hydrogen (secondary N) is 1. The largest absolute Gasteiger partial charge is 0.465 e. The highest BCUT2D eigenvalue weighted by atomic mass is 32.2. The Morgan fingerprint density at radius 2 is 1.83 bits per heavy atom. The number of amides is 1. The van der Waals surface area contributed by atoms with Crippen molar-refractivity contribution >= 4 is 15.7 Å². The third-order valence-electron chi connectivity index (χ3n) is 5.09. The molecule has 3 rings (SSSR count). The SMILES string of the molecule is Cc1ccc(C(CNC(=O)c2ccccc2S(=O)(=O)C(C)C)N2CCOCC2)o1. The van der Waals surface area contributed by atoms with E-state index in [1.807, 2.05) is 19.1 Å². The highest BCUT2D eigenvalue weighted by molar-refractivity contribution is 7.92. The molecule has 1 aromatic heterocycles. The molecule has 1 N–H and O–H groups in total. The normalized spacial score (nSPS) is 16.7. The summed E-state index contributed by atoms with van der Waals surface area (Å²) in [6.45, 7) is 8.12. The highest BCUT2D eigenvalue weighted by Crippen LogP contribution is 2.24. The molecular formula is C21H28N2O5S. The van der Waals surface area contributed by atoms with Gasteiger partial charge < -0.3 is 14.5 Å². The summed E-state index contributed by atoms with van der Waals surface area (Å²) in [5.41, 5.74) is 0.164. The number of hydrogen-bond acceptors (Lipinski definition) is 6. The average Bonchev–Trinajstić information content (AvgIpc) is 3.14. The van der Waals surface area contributed by atoms with Crippen LogP contribution in [0, 0.1) is 6.92 Å². The van der Waals surface area contributed by atoms with Crippen molar-refractivity contribution in [2.45, 2.75) is 37.0 Å². The summed E-state index contributed by atoms with van der Waals surface area (Å²) in [5.74, 6) is 1.16. The predicted octanol–water partition coefficient (Wildman–Crippen LogP) is 2.57. The molecule has 2 heterocycles. The second-order valence-electron chi connectivity index (χ2n) is 7.41. The number of hydrogen-bond donors (Lipinski definition) is 1. The zero-order valence-corrected chi connectivity index (χ0v) is 17.9. The fourth-order valence-electron chi connectivity index (χ4n) is 3.37. The van der Waals surface area contributed by atoms with Gasteiger partial charge in [-0.1, -0.05) is 12.1 Å². The summed E-state index contributed by atoms with van der Waals surface area (Å²) >= 11 is 0. The van der Waals surface area contributed by atoms with Crippen molar-refractivity contribution in [2.24, 2.45) is 0 Å². The van der Waals surface area contributed by atoms with Crippen LogP contribution in [0.2, 0.25) is 0 Å². The zero-order valence-electron chi connectivity index (χ0n) is 17.1. The number of nitrogens with zero attached hydrogens (tertiary/aromatic N) is 1. The quantitative estimate of drug-likeness (QED) is 0.741. The first-order chi connectivity index (χ1) is 13.8. The third-order valence-corrected chi connectivity index (χ3v) is 7.30. The van der Waals surface area contributed by atoms with E-state index in [1.165, 1.54) is 6.07 Å². The second kappa shape index (κ2) is 9.11. The summed E-state index contributed by atoms with van der Waals surface area (Å²) < 4.78 is 36.6. The average molecular weight is 421 g/mol. The maximum absolute atomic E-state index is 12.9. The third kappa shape index (κ3) is 4.88. The van der Waals surface area contributed by atoms with Crippen LogP contribution in [0.25, 0.3) is 0 Å². The van der Waals surface area contributed by atoms with Gasteiger partial charge in [0.1, 0.15) is 11.5 Å². The molecule has 1 atom stereocenters. The van der Waals surface area contributed by atoms with Crippen molar-refractivity contribution in [3.63, 3.8) is 0 Å². The van der Waals surface area contributed by atoms with E-state index >= 15 is 0 Å². The Balaban J connectivity index is 1.81. The molecule has 0 bridgehead atoms. The molecular weight excluding hydrogens is 392 g/mol. The molecule has 7 nitrogen and oxygen atoms in total. The number of carbonyl (C=O) groups is 1. The molecule has 1 unspecified atom stereocenters. The Bertz CT molecular complexity index is 945. The highest BCUT2D eigenvalue weighted by Gasteiger charge is 2.28. The van der Waals surface area contributed by atoms with Crippen LogP contribution in [-0.4, -0.2) is 57.3 Å². The summed E-state index contributed by atoms with van der Waals surface area (Å²) in [6.07, 6.45) is 0. The molecule has 1 fully saturated rings. The molecule has 1 aromatic carbocycles. The lowest BCUT2D eigenvalue weighted by atomic mass is 10.1. The van der Waals surface area contributed by atoms with E-state index < -0.39 is 21.0 Å². The smallest absolute Gasteiger partial charge is 0.252 e. The van der Waals surface area contributed by atoms with Crippen LogP contribution in [0.5, 0.6) is 0 Å². The first kappa shape index (κ1) is 21.5. The van der Waals surface area contributed by atoms with E-state index in [0.29, 0.717) is 19.8 Å². The van der Waals surface area contributed by atoms with Crippen molar-refractivity contribution in [3.8, 4) is 0 Å². The first-order valence-corrected chi connectivity index (χ1v) is 11.3. The number of carbonyl (C=O) groups excluding carboxylic acids is 1. The van der Waals surface area contributed by atoms with Gasteiger partial charge in [-0.15, -0.1) is 0 Å². The van der Waals surface area contributed by atoms with Crippen LogP contribution < -0.4 is 5.32 Å². The fraction of sp³-hybridized carbons (Fsp3) is 0.476. The lowest BCUT2D eigenvalue weighted by Gasteiger charge is -2.33. The van der Waals surface area contributed by atoms with Crippen LogP contribution in [-0.2, 0) is 14.6 Å². The number of benzene rings is 1. The molecule has 2 aromatic rings. The number of rotatable bonds is 7. The second-order valence-corrected chi connectivity index (χ2v) is 9.89. The Morgan fingerprint density at radius 1 is 1.14 bits per heavy atom. The number of furan rings is 1. The van der Waals surface area contributed by atoms with Gasteiger partial charge in [0.2, 0.25) is 0 Å². The van der Waals surface area contributed by atoms with Crippen LogP contribution >= 0.6 is 0 Å². The summed E-state index contributed by atoms with van der Waals surface area (Å²) in [6, 6.07) is 10.0. The maximum Gasteiger partial charge on any atom is 0.252 e. The minimum atomic E-state index is -3.57. The van der Waals surface area contributed by atoms with Gasteiger partial charge in [0, 0.05) is 19.6 Å². The van der Waals surface area contributed by atoms with Gasteiger partial charge in [-0.25, -0.2) is 8.42 Å². The molecule has 0 radical (unpaired) electrons. The predicted molar refractivity (Wildman–Crippen MR) is 110 cm³/mol. The number of ether oxygens (including phenoxy) is 1. The summed E-state index contributed by atoms with van der Waals surface area (Å²) in [5, 5.41) is 2.30. The lowest BCUT2D eigenvalue weighted by molar-refractivity contribution is 0.0117. The zero-order chi connectivity index (χ0) is 21.0. The summed E-state index contributed by atoms with van der Waals surface area (Å²) in [7, 11) is -3.57. The summed E-state index contributed by atoms with van der Waals surface area (Å²) in [4.78, 5) is 15.2. The van der Waals surface area contributed by atoms with E-state index in [4.69, 9.17) is 9.15 Å². The number of sulfone groups is 1. The van der Waals surface area contributed by atoms with Gasteiger partial charge in [0.05, 0.1) is 35.0 Å². The van der Waals surface area contributed by atoms with Crippen molar-refractivity contribution in [1.82, 2.24) is 10.2 Å². The van der Waals surface area contributed by atoms with Gasteiger partial charge in [-0.2, -0.15) is 0 Å². The van der Waals surface area contributed by atoms with Gasteiger partial charge in [0.15, 0.2) is 9.84 Å². The number of aryl methyl sites for hydroxylation is 1. The molecule has 0 saturated carbocycles. The van der Waals surface area contributed by atoms with Crippen LogP contribution in [0.15, 0.2) is 45.7 Å². The molecule has 1 saturated heterocycles. The maximum atomic E-state index is 12.9. The molecule has 29 heavy (non-hydrogen) atoms. The molecule has 1 amide bonds. The standard InChI is InChI=1S/C21H28N2O5S/c1-15(2)29(25,26)20-7-5-4-6-17(20)21(24)22-14-18(19-9-8-16(3)28-19)23-10-12-27-13-11-23/h4-9,15,18H,10-14H2,1-3H3,(H,22,24). The first-order valence-electron chi connectivity index (χ1n) is 9.80. The van der Waals surface area contributed by atoms with E-state index in [1.54, 1.807) is 32.0 Å². The van der Waals surface area contributed by atoms with Crippen molar-refractivity contribution in [1.29, 1.82) is 0 Å². The van der Waals surface area contributed by atoms with Gasteiger partial charge in [-0.05, 0) is 45.0 Å². The van der Waals surface area contributed by atoms with Gasteiger partial charge in [-0.3, -0.25) is 9.69 Å². The van der Waals surface area contributed by atoms with Crippen molar-refractivity contribution in [3.05, 3.63) is 53.5 Å². The number of morpholine rings is 1. The van der Waals surface area contributed by atoms with E-state index in [0.717, 1.165) is 24.6 Å². The monoisotopic (exact) mass is 420 g/mol. The fourth-order valence-corrected chi connectivity index (χ4v) is 4.62. The van der Waals surface area contributed by atoms with E-state index in [2.05, 4.69) is 10.2 Å². The Hall–Kier alpha value is -2.16. The molecule has 1 aliphatic rings. The van der Waals surface area contributed by atoms with E-state index in [-0.39, 0.29) is 16.5 Å². The van der Waals surface area contributed by atoms with E-state index in [9.17, 15) is 13.2 Å². The molecule has 0 spiro atoms. The Labute approximate surface area is 172 Å². The topological polar surface area (TPSA) is 88.9 Å². The van der Waals surface area contributed by atoms with Crippen LogP contribution in [0.3, 0.4) is 0 Å². The minimum Gasteiger partial charge on any atom is -0.465 e. The van der Waals surface area contributed by atoms with Gasteiger partial charge in [0.25, 0.3) is 5.91 Å². The van der Waals surface area contributed by atoms with Gasteiger partial charge >= 0.3 is 0 Å². The molecule has 0 aliphatic carbocycles. The molecule has 158 valence electrons. The van der Waals surface area contributed by atoms with Crippen LogP contribution in [0.1, 0.15) is 41.8 Å². The van der Waals surface area contributed by atoms with Crippen LogP contribution in [0.4, 0.5) is 0 Å². The molecule has 1 aliphatic heterocycles. The minimum absolute atomic E-state index is 0.0595. The lowest BCUT2D eigenvalue weighted by Crippen LogP contribution is -2.43. The Kier molecular flexibility index (Phi) is 6.77. The Morgan fingerprint density at radius 3 is 2.45 bits per heavy atom. The van der Waals surface area contributed by atoms with Crippen molar-refractivity contribution < 1.29 is 22.4 Å².